The molecule has 0 spiro atoms. The standard InChI is InChI=1S/C11H7N3OS/c12-8-16-11-4-3-10(7-14-11)15-9-2-1-5-13-6-9/h1-7H. The van der Waals surface area contributed by atoms with E-state index < -0.39 is 0 Å². The molecule has 4 nitrogen and oxygen atoms in total. The number of thioether (sulfide) groups is 1. The summed E-state index contributed by atoms with van der Waals surface area (Å²) in [7, 11) is 0. The van der Waals surface area contributed by atoms with Crippen molar-refractivity contribution in [2.75, 3.05) is 0 Å². The lowest BCUT2D eigenvalue weighted by molar-refractivity contribution is 0.477. The molecule has 5 heteroatoms. The maximum Gasteiger partial charge on any atom is 0.145 e. The van der Waals surface area contributed by atoms with Gasteiger partial charge in [0.1, 0.15) is 21.9 Å². The molecule has 0 N–H and O–H groups in total. The molecule has 0 bridgehead atoms. The first-order valence-corrected chi connectivity index (χ1v) is 5.30. The monoisotopic (exact) mass is 229 g/mol. The quantitative estimate of drug-likeness (QED) is 0.598. The Hall–Kier alpha value is -2.06. The highest BCUT2D eigenvalue weighted by molar-refractivity contribution is 8.03. The van der Waals surface area contributed by atoms with Crippen molar-refractivity contribution in [3.63, 3.8) is 0 Å². The Kier molecular flexibility index (Phi) is 3.36. The second-order valence-electron chi connectivity index (χ2n) is 2.82. The normalized spacial score (nSPS) is 9.44. The van der Waals surface area contributed by atoms with E-state index in [2.05, 4.69) is 9.97 Å². The number of hydrogen-bond donors (Lipinski definition) is 0. The summed E-state index contributed by atoms with van der Waals surface area (Å²) in [4.78, 5) is 7.99. The zero-order valence-corrected chi connectivity index (χ0v) is 9.02. The molecule has 2 rings (SSSR count). The smallest absolute Gasteiger partial charge is 0.145 e. The number of nitriles is 1. The second kappa shape index (κ2) is 5.14. The Morgan fingerprint density at radius 1 is 1.19 bits per heavy atom. The van der Waals surface area contributed by atoms with E-state index in [0.717, 1.165) is 11.8 Å². The van der Waals surface area contributed by atoms with Gasteiger partial charge in [0.25, 0.3) is 0 Å². The largest absolute Gasteiger partial charge is 0.454 e. The van der Waals surface area contributed by atoms with E-state index >= 15 is 0 Å². The third-order valence-electron chi connectivity index (χ3n) is 1.73. The number of aromatic nitrogens is 2. The molecule has 0 saturated heterocycles. The van der Waals surface area contributed by atoms with Crippen LogP contribution in [0.25, 0.3) is 0 Å². The van der Waals surface area contributed by atoms with Gasteiger partial charge in [0.05, 0.1) is 12.4 Å². The molecular formula is C11H7N3OS. The first kappa shape index (κ1) is 10.5. The summed E-state index contributed by atoms with van der Waals surface area (Å²) in [5.74, 6) is 1.28. The van der Waals surface area contributed by atoms with Crippen LogP contribution >= 0.6 is 11.8 Å². The molecule has 2 aromatic heterocycles. The molecular weight excluding hydrogens is 222 g/mol. The average Bonchev–Trinajstić information content (AvgIpc) is 2.33. The van der Waals surface area contributed by atoms with Gasteiger partial charge in [-0.3, -0.25) is 4.98 Å². The number of hydrogen-bond acceptors (Lipinski definition) is 5. The number of rotatable bonds is 3. The maximum absolute atomic E-state index is 8.46. The van der Waals surface area contributed by atoms with Crippen LogP contribution in [0, 0.1) is 10.7 Å². The van der Waals surface area contributed by atoms with Crippen molar-refractivity contribution in [3.8, 4) is 16.9 Å². The van der Waals surface area contributed by atoms with Crippen molar-refractivity contribution in [1.29, 1.82) is 5.26 Å². The van der Waals surface area contributed by atoms with E-state index in [9.17, 15) is 0 Å². The SMILES string of the molecule is N#CSc1ccc(Oc2cccnc2)cn1. The van der Waals surface area contributed by atoms with E-state index in [1.165, 1.54) is 0 Å². The van der Waals surface area contributed by atoms with Crippen LogP contribution in [-0.4, -0.2) is 9.97 Å². The molecule has 78 valence electrons. The summed E-state index contributed by atoms with van der Waals surface area (Å²) >= 11 is 1.02. The molecule has 2 heterocycles. The second-order valence-corrected chi connectivity index (χ2v) is 3.62. The van der Waals surface area contributed by atoms with Gasteiger partial charge in [0.2, 0.25) is 0 Å². The molecule has 0 atom stereocenters. The lowest BCUT2D eigenvalue weighted by atomic mass is 10.4. The highest BCUT2D eigenvalue weighted by Gasteiger charge is 1.98. The minimum absolute atomic E-state index is 0.621. The van der Waals surface area contributed by atoms with Crippen LogP contribution in [-0.2, 0) is 0 Å². The van der Waals surface area contributed by atoms with Gasteiger partial charge in [-0.2, -0.15) is 5.26 Å². The summed E-state index contributed by atoms with van der Waals surface area (Å²) < 4.78 is 5.49. The molecule has 16 heavy (non-hydrogen) atoms. The van der Waals surface area contributed by atoms with Gasteiger partial charge < -0.3 is 4.74 Å². The van der Waals surface area contributed by atoms with Crippen LogP contribution in [0.4, 0.5) is 0 Å². The average molecular weight is 229 g/mol. The predicted octanol–water partition coefficient (Wildman–Crippen LogP) is 2.84. The minimum Gasteiger partial charge on any atom is -0.454 e. The third kappa shape index (κ3) is 2.72. The van der Waals surface area contributed by atoms with Gasteiger partial charge in [0, 0.05) is 18.0 Å². The highest BCUT2D eigenvalue weighted by atomic mass is 32.2. The van der Waals surface area contributed by atoms with E-state index in [-0.39, 0.29) is 0 Å². The molecule has 0 unspecified atom stereocenters. The van der Waals surface area contributed by atoms with Crippen LogP contribution in [0.5, 0.6) is 11.5 Å². The van der Waals surface area contributed by atoms with Crippen molar-refractivity contribution >= 4 is 11.8 Å². The minimum atomic E-state index is 0.621. The summed E-state index contributed by atoms with van der Waals surface area (Å²) in [6.07, 6.45) is 4.88. The van der Waals surface area contributed by atoms with Crippen molar-refractivity contribution in [2.45, 2.75) is 5.03 Å². The van der Waals surface area contributed by atoms with E-state index in [0.29, 0.717) is 16.5 Å². The number of pyridine rings is 2. The van der Waals surface area contributed by atoms with Gasteiger partial charge in [-0.15, -0.1) is 0 Å². The summed E-state index contributed by atoms with van der Waals surface area (Å²) in [5.41, 5.74) is 0. The Morgan fingerprint density at radius 3 is 2.69 bits per heavy atom. The zero-order chi connectivity index (χ0) is 11.2. The van der Waals surface area contributed by atoms with Gasteiger partial charge in [-0.05, 0) is 24.3 Å². The van der Waals surface area contributed by atoms with Crippen LogP contribution in [0.15, 0.2) is 47.9 Å². The molecule has 2 aromatic rings. The number of nitrogens with zero attached hydrogens (tertiary/aromatic N) is 3. The molecule has 0 aromatic carbocycles. The Labute approximate surface area is 96.9 Å². The topological polar surface area (TPSA) is 58.8 Å². The number of thiocyanates is 1. The van der Waals surface area contributed by atoms with Crippen molar-refractivity contribution in [1.82, 2.24) is 9.97 Å². The molecule has 0 aliphatic rings. The van der Waals surface area contributed by atoms with E-state index in [4.69, 9.17) is 10.00 Å². The first-order valence-electron chi connectivity index (χ1n) is 4.48. The van der Waals surface area contributed by atoms with Gasteiger partial charge in [-0.25, -0.2) is 4.98 Å². The van der Waals surface area contributed by atoms with E-state index in [1.54, 1.807) is 36.8 Å². The van der Waals surface area contributed by atoms with Gasteiger partial charge >= 0.3 is 0 Å². The Bertz CT molecular complexity index is 493. The molecule has 0 amide bonds. The fourth-order valence-electron chi connectivity index (χ4n) is 1.08. The van der Waals surface area contributed by atoms with Gasteiger partial charge in [0.15, 0.2) is 0 Å². The van der Waals surface area contributed by atoms with E-state index in [1.807, 2.05) is 11.5 Å². The molecule has 0 radical (unpaired) electrons. The fraction of sp³-hybridized carbons (Fsp3) is 0. The lowest BCUT2D eigenvalue weighted by Crippen LogP contribution is -1.86. The Balaban J connectivity index is 2.09. The number of ether oxygens (including phenoxy) is 1. The lowest BCUT2D eigenvalue weighted by Gasteiger charge is -2.03. The molecule has 0 aliphatic carbocycles. The molecule has 0 aliphatic heterocycles. The van der Waals surface area contributed by atoms with Crippen molar-refractivity contribution < 1.29 is 4.74 Å². The molecule has 0 fully saturated rings. The van der Waals surface area contributed by atoms with Crippen molar-refractivity contribution in [2.24, 2.45) is 0 Å². The highest BCUT2D eigenvalue weighted by Crippen LogP contribution is 2.21. The van der Waals surface area contributed by atoms with Gasteiger partial charge in [-0.1, -0.05) is 0 Å². The van der Waals surface area contributed by atoms with Crippen LogP contribution < -0.4 is 4.74 Å². The van der Waals surface area contributed by atoms with Crippen LogP contribution in [0.3, 0.4) is 0 Å². The predicted molar refractivity (Wildman–Crippen MR) is 60.0 cm³/mol. The summed E-state index contributed by atoms with van der Waals surface area (Å²) in [6.45, 7) is 0. The van der Waals surface area contributed by atoms with Crippen LogP contribution in [0.1, 0.15) is 0 Å². The summed E-state index contributed by atoms with van der Waals surface area (Å²) in [6, 6.07) is 7.10. The Morgan fingerprint density at radius 2 is 2.06 bits per heavy atom. The van der Waals surface area contributed by atoms with Crippen LogP contribution in [0.2, 0.25) is 0 Å². The fourth-order valence-corrected chi connectivity index (χ4v) is 1.41. The first-order chi connectivity index (χ1) is 7.88. The third-order valence-corrected chi connectivity index (χ3v) is 2.27. The molecule has 0 saturated carbocycles. The zero-order valence-electron chi connectivity index (χ0n) is 8.20. The maximum atomic E-state index is 8.46. The van der Waals surface area contributed by atoms with Crippen molar-refractivity contribution in [3.05, 3.63) is 42.9 Å². The summed E-state index contributed by atoms with van der Waals surface area (Å²) in [5, 5.41) is 11.1.